The van der Waals surface area contributed by atoms with E-state index in [0.717, 1.165) is 44.8 Å². The number of unbranched alkanes of at least 4 members (excludes halogenated alkanes) is 2. The molecule has 0 aliphatic rings. The summed E-state index contributed by atoms with van der Waals surface area (Å²) in [5.74, 6) is 0.249. The third-order valence-corrected chi connectivity index (χ3v) is 6.10. The van der Waals surface area contributed by atoms with E-state index in [2.05, 4.69) is 20.8 Å². The van der Waals surface area contributed by atoms with Crippen LogP contribution >= 0.6 is 11.8 Å². The zero-order chi connectivity index (χ0) is 17.9. The molecule has 0 spiro atoms. The minimum atomic E-state index is -0.616. The third-order valence-electron chi connectivity index (χ3n) is 4.26. The molecule has 0 unspecified atom stereocenters. The second-order valence-electron chi connectivity index (χ2n) is 6.87. The van der Waals surface area contributed by atoms with Crippen LogP contribution in [0.1, 0.15) is 80.1 Å². The molecule has 136 valence electrons. The normalized spacial score (nSPS) is 15.7. The molecule has 0 rings (SSSR count). The fourth-order valence-electron chi connectivity index (χ4n) is 2.76. The van der Waals surface area contributed by atoms with E-state index in [0.29, 0.717) is 12.5 Å². The molecule has 0 radical (unpaired) electrons. The fourth-order valence-corrected chi connectivity index (χ4v) is 4.34. The maximum Gasteiger partial charge on any atom is 0.321 e. The lowest BCUT2D eigenvalue weighted by Gasteiger charge is -2.34. The van der Waals surface area contributed by atoms with Gasteiger partial charge in [-0.2, -0.15) is 0 Å². The summed E-state index contributed by atoms with van der Waals surface area (Å²) in [7, 11) is 0. The van der Waals surface area contributed by atoms with Crippen LogP contribution in [-0.2, 0) is 14.3 Å². The SMILES string of the molecule is CCCC[C@@H](C=O)[C@@H](SC(C)(C)C(=O)OCC)[C@@H](C)CCCC. The quantitative estimate of drug-likeness (QED) is 0.337. The lowest BCUT2D eigenvalue weighted by Crippen LogP contribution is -2.37. The van der Waals surface area contributed by atoms with Gasteiger partial charge in [0.25, 0.3) is 0 Å². The van der Waals surface area contributed by atoms with Crippen LogP contribution in [0.3, 0.4) is 0 Å². The lowest BCUT2D eigenvalue weighted by atomic mass is 9.89. The van der Waals surface area contributed by atoms with Gasteiger partial charge in [-0.15, -0.1) is 11.8 Å². The minimum absolute atomic E-state index is 0.0144. The van der Waals surface area contributed by atoms with Gasteiger partial charge in [0.2, 0.25) is 0 Å². The molecule has 0 saturated carbocycles. The highest BCUT2D eigenvalue weighted by atomic mass is 32.2. The van der Waals surface area contributed by atoms with E-state index in [1.54, 1.807) is 11.8 Å². The molecule has 0 N–H and O–H groups in total. The number of ether oxygens (including phenoxy) is 1. The Morgan fingerprint density at radius 1 is 1.13 bits per heavy atom. The first-order valence-corrected chi connectivity index (χ1v) is 10.0. The van der Waals surface area contributed by atoms with Crippen LogP contribution in [0.25, 0.3) is 0 Å². The number of rotatable bonds is 13. The molecule has 3 atom stereocenters. The topological polar surface area (TPSA) is 43.4 Å². The monoisotopic (exact) mass is 344 g/mol. The van der Waals surface area contributed by atoms with E-state index in [4.69, 9.17) is 4.74 Å². The van der Waals surface area contributed by atoms with E-state index in [9.17, 15) is 9.59 Å². The summed E-state index contributed by atoms with van der Waals surface area (Å²) in [6.45, 7) is 12.6. The van der Waals surface area contributed by atoms with Crippen LogP contribution in [0.15, 0.2) is 0 Å². The first-order valence-electron chi connectivity index (χ1n) is 9.14. The number of carbonyl (C=O) groups excluding carboxylic acids is 2. The van der Waals surface area contributed by atoms with E-state index < -0.39 is 4.75 Å². The molecule has 4 heteroatoms. The molecule has 0 aliphatic heterocycles. The van der Waals surface area contributed by atoms with Crippen molar-refractivity contribution in [3.05, 3.63) is 0 Å². The van der Waals surface area contributed by atoms with Crippen molar-refractivity contribution >= 4 is 24.0 Å². The van der Waals surface area contributed by atoms with Gasteiger partial charge >= 0.3 is 5.97 Å². The van der Waals surface area contributed by atoms with E-state index in [-0.39, 0.29) is 17.1 Å². The Labute approximate surface area is 147 Å². The van der Waals surface area contributed by atoms with Gasteiger partial charge in [0.15, 0.2) is 0 Å². The summed E-state index contributed by atoms with van der Waals surface area (Å²) in [5, 5.41) is 0.171. The van der Waals surface area contributed by atoms with Gasteiger partial charge in [0, 0.05) is 11.2 Å². The summed E-state index contributed by atoms with van der Waals surface area (Å²) in [4.78, 5) is 23.9. The van der Waals surface area contributed by atoms with Crippen molar-refractivity contribution in [3.63, 3.8) is 0 Å². The Kier molecular flexibility index (Phi) is 11.7. The summed E-state index contributed by atoms with van der Waals surface area (Å²) < 4.78 is 4.60. The number of thioether (sulfide) groups is 1. The maximum absolute atomic E-state index is 12.2. The van der Waals surface area contributed by atoms with Crippen LogP contribution in [0.2, 0.25) is 0 Å². The van der Waals surface area contributed by atoms with Gasteiger partial charge in [-0.05, 0) is 39.5 Å². The first kappa shape index (κ1) is 22.5. The van der Waals surface area contributed by atoms with E-state index in [1.165, 1.54) is 0 Å². The summed E-state index contributed by atoms with van der Waals surface area (Å²) >= 11 is 1.63. The highest BCUT2D eigenvalue weighted by Crippen LogP contribution is 2.40. The summed E-state index contributed by atoms with van der Waals surface area (Å²) in [6, 6.07) is 0. The average Bonchev–Trinajstić information content (AvgIpc) is 2.52. The Morgan fingerprint density at radius 2 is 1.70 bits per heavy atom. The van der Waals surface area contributed by atoms with E-state index >= 15 is 0 Å². The van der Waals surface area contributed by atoms with Gasteiger partial charge in [-0.3, -0.25) is 4.79 Å². The van der Waals surface area contributed by atoms with Crippen LogP contribution < -0.4 is 0 Å². The highest BCUT2D eigenvalue weighted by Gasteiger charge is 2.37. The van der Waals surface area contributed by atoms with Crippen molar-refractivity contribution in [2.75, 3.05) is 6.61 Å². The smallest absolute Gasteiger partial charge is 0.321 e. The molecule has 3 nitrogen and oxygen atoms in total. The van der Waals surface area contributed by atoms with Crippen LogP contribution in [0, 0.1) is 11.8 Å². The Morgan fingerprint density at radius 3 is 2.17 bits per heavy atom. The highest BCUT2D eigenvalue weighted by molar-refractivity contribution is 8.02. The third kappa shape index (κ3) is 8.23. The Balaban J connectivity index is 5.15. The molecule has 0 aromatic heterocycles. The molecular weight excluding hydrogens is 308 g/mol. The van der Waals surface area contributed by atoms with Gasteiger partial charge in [0.1, 0.15) is 11.0 Å². The molecule has 0 bridgehead atoms. The van der Waals surface area contributed by atoms with Crippen LogP contribution in [-0.4, -0.2) is 28.9 Å². The van der Waals surface area contributed by atoms with Crippen molar-refractivity contribution in [2.45, 2.75) is 90.1 Å². The van der Waals surface area contributed by atoms with Crippen LogP contribution in [0.4, 0.5) is 0 Å². The number of hydrogen-bond donors (Lipinski definition) is 0. The molecule has 0 fully saturated rings. The number of aldehydes is 1. The Bertz CT molecular complexity index is 342. The molecule has 0 heterocycles. The Hall–Kier alpha value is -0.510. The van der Waals surface area contributed by atoms with Crippen molar-refractivity contribution in [1.82, 2.24) is 0 Å². The minimum Gasteiger partial charge on any atom is -0.465 e. The number of carbonyl (C=O) groups is 2. The zero-order valence-electron chi connectivity index (χ0n) is 15.9. The maximum atomic E-state index is 12.2. The van der Waals surface area contributed by atoms with Crippen molar-refractivity contribution in [3.8, 4) is 0 Å². The van der Waals surface area contributed by atoms with Gasteiger partial charge in [-0.25, -0.2) is 0 Å². The number of hydrogen-bond acceptors (Lipinski definition) is 4. The average molecular weight is 345 g/mol. The van der Waals surface area contributed by atoms with Gasteiger partial charge in [-0.1, -0.05) is 46.5 Å². The molecule has 23 heavy (non-hydrogen) atoms. The molecule has 0 aromatic carbocycles. The second-order valence-corrected chi connectivity index (χ2v) is 8.68. The first-order chi connectivity index (χ1) is 10.8. The molecular formula is C19H36O3S. The fraction of sp³-hybridized carbons (Fsp3) is 0.895. The lowest BCUT2D eigenvalue weighted by molar-refractivity contribution is -0.145. The standard InChI is InChI=1S/C19H36O3S/c1-7-10-12-15(4)17(16(14-20)13-11-8-2)23-19(5,6)18(21)22-9-3/h14-17H,7-13H2,1-6H3/t15-,16-,17-/m0/s1. The number of esters is 1. The second kappa shape index (κ2) is 11.9. The molecule has 0 amide bonds. The van der Waals surface area contributed by atoms with Crippen molar-refractivity contribution < 1.29 is 14.3 Å². The van der Waals surface area contributed by atoms with Gasteiger partial charge in [0.05, 0.1) is 6.61 Å². The molecule has 0 aromatic rings. The zero-order valence-corrected chi connectivity index (χ0v) is 16.7. The predicted molar refractivity (Wildman–Crippen MR) is 99.9 cm³/mol. The summed E-state index contributed by atoms with van der Waals surface area (Å²) in [6.07, 6.45) is 7.59. The predicted octanol–water partition coefficient (Wildman–Crippen LogP) is 5.26. The summed E-state index contributed by atoms with van der Waals surface area (Å²) in [5.41, 5.74) is 0. The van der Waals surface area contributed by atoms with E-state index in [1.807, 2.05) is 20.8 Å². The van der Waals surface area contributed by atoms with Crippen LogP contribution in [0.5, 0.6) is 0 Å². The van der Waals surface area contributed by atoms with Crippen molar-refractivity contribution in [2.24, 2.45) is 11.8 Å². The van der Waals surface area contributed by atoms with Gasteiger partial charge < -0.3 is 9.53 Å². The molecule has 0 saturated heterocycles. The largest absolute Gasteiger partial charge is 0.465 e. The van der Waals surface area contributed by atoms with Crippen molar-refractivity contribution in [1.29, 1.82) is 0 Å². The molecule has 0 aliphatic carbocycles.